The first kappa shape index (κ1) is 18.6. The molecule has 2 fully saturated rings. The number of piperidine rings is 2. The molecule has 4 rings (SSSR count). The van der Waals surface area contributed by atoms with Gasteiger partial charge in [-0.25, -0.2) is 8.42 Å². The molecule has 0 aliphatic carbocycles. The molecule has 2 saturated heterocycles. The lowest BCUT2D eigenvalue weighted by Crippen LogP contribution is -2.45. The van der Waals surface area contributed by atoms with E-state index in [2.05, 4.69) is 0 Å². The fourth-order valence-corrected chi connectivity index (χ4v) is 5.53. The van der Waals surface area contributed by atoms with Crippen molar-refractivity contribution in [3.63, 3.8) is 0 Å². The summed E-state index contributed by atoms with van der Waals surface area (Å²) < 4.78 is 38.4. The maximum absolute atomic E-state index is 13.0. The van der Waals surface area contributed by atoms with Gasteiger partial charge in [-0.15, -0.1) is 0 Å². The van der Waals surface area contributed by atoms with Crippen LogP contribution >= 0.6 is 0 Å². The lowest BCUT2D eigenvalue weighted by atomic mass is 9.95. The van der Waals surface area contributed by atoms with Crippen LogP contribution in [0.4, 0.5) is 0 Å². The van der Waals surface area contributed by atoms with Crippen LogP contribution in [0.5, 0.6) is 11.5 Å². The van der Waals surface area contributed by atoms with Crippen LogP contribution in [0.25, 0.3) is 0 Å². The molecular weight excluding hydrogens is 368 g/mol. The van der Waals surface area contributed by atoms with Crippen LogP contribution in [0, 0.1) is 5.92 Å². The zero-order valence-electron chi connectivity index (χ0n) is 15.4. The van der Waals surface area contributed by atoms with Crippen LogP contribution in [-0.4, -0.2) is 62.9 Å². The second kappa shape index (κ2) is 7.67. The van der Waals surface area contributed by atoms with Crippen molar-refractivity contribution in [1.29, 1.82) is 0 Å². The molecule has 1 aromatic carbocycles. The number of carbonyl (C=O) groups excluding carboxylic acids is 1. The maximum Gasteiger partial charge on any atom is 0.243 e. The molecule has 1 amide bonds. The first-order chi connectivity index (χ1) is 13.1. The Labute approximate surface area is 160 Å². The summed E-state index contributed by atoms with van der Waals surface area (Å²) in [4.78, 5) is 14.8. The van der Waals surface area contributed by atoms with Crippen molar-refractivity contribution in [3.05, 3.63) is 18.2 Å². The van der Waals surface area contributed by atoms with Crippen LogP contribution in [-0.2, 0) is 14.8 Å². The molecule has 0 bridgehead atoms. The van der Waals surface area contributed by atoms with Gasteiger partial charge in [0.2, 0.25) is 15.9 Å². The summed E-state index contributed by atoms with van der Waals surface area (Å²) in [7, 11) is -3.60. The highest BCUT2D eigenvalue weighted by Crippen LogP contribution is 2.34. The quantitative estimate of drug-likeness (QED) is 0.782. The topological polar surface area (TPSA) is 76.2 Å². The number of hydrogen-bond acceptors (Lipinski definition) is 5. The maximum atomic E-state index is 13.0. The number of likely N-dealkylation sites (tertiary alicyclic amines) is 1. The molecule has 0 N–H and O–H groups in total. The minimum absolute atomic E-state index is 0.0604. The summed E-state index contributed by atoms with van der Waals surface area (Å²) in [6, 6.07) is 4.75. The summed E-state index contributed by atoms with van der Waals surface area (Å²) >= 11 is 0. The van der Waals surface area contributed by atoms with Gasteiger partial charge in [0.1, 0.15) is 13.2 Å². The minimum atomic E-state index is -3.60. The summed E-state index contributed by atoms with van der Waals surface area (Å²) in [6.07, 6.45) is 4.50. The molecule has 0 saturated carbocycles. The Morgan fingerprint density at radius 1 is 0.926 bits per heavy atom. The normalized spacial score (nSPS) is 21.9. The van der Waals surface area contributed by atoms with Gasteiger partial charge in [0.05, 0.1) is 4.90 Å². The third kappa shape index (κ3) is 3.78. The summed E-state index contributed by atoms with van der Waals surface area (Å²) in [6.45, 7) is 3.32. The Balaban J connectivity index is 1.41. The van der Waals surface area contributed by atoms with Gasteiger partial charge in [-0.2, -0.15) is 4.31 Å². The average Bonchev–Trinajstić information content (AvgIpc) is 2.73. The number of fused-ring (bicyclic) bond motifs is 1. The van der Waals surface area contributed by atoms with Crippen LogP contribution in [0.1, 0.15) is 32.1 Å². The van der Waals surface area contributed by atoms with Crippen molar-refractivity contribution >= 4 is 15.9 Å². The van der Waals surface area contributed by atoms with Crippen molar-refractivity contribution in [2.75, 3.05) is 39.4 Å². The van der Waals surface area contributed by atoms with Crippen LogP contribution < -0.4 is 9.47 Å². The van der Waals surface area contributed by atoms with Gasteiger partial charge in [0, 0.05) is 38.2 Å². The molecule has 0 spiro atoms. The van der Waals surface area contributed by atoms with Gasteiger partial charge in [0.15, 0.2) is 11.5 Å². The molecule has 7 nitrogen and oxygen atoms in total. The van der Waals surface area contributed by atoms with E-state index >= 15 is 0 Å². The molecule has 0 radical (unpaired) electrons. The van der Waals surface area contributed by atoms with E-state index in [4.69, 9.17) is 9.47 Å². The Morgan fingerprint density at radius 3 is 2.30 bits per heavy atom. The van der Waals surface area contributed by atoms with E-state index in [0.29, 0.717) is 50.6 Å². The Kier molecular flexibility index (Phi) is 5.27. The highest BCUT2D eigenvalue weighted by molar-refractivity contribution is 7.89. The molecule has 1 aromatic rings. The third-order valence-corrected chi connectivity index (χ3v) is 7.52. The number of benzene rings is 1. The first-order valence-corrected chi connectivity index (χ1v) is 11.2. The second-order valence-corrected chi connectivity index (χ2v) is 9.31. The lowest BCUT2D eigenvalue weighted by molar-refractivity contribution is -0.137. The van der Waals surface area contributed by atoms with Gasteiger partial charge < -0.3 is 14.4 Å². The predicted octanol–water partition coefficient (Wildman–Crippen LogP) is 1.87. The number of sulfonamides is 1. The molecule has 8 heteroatoms. The highest BCUT2D eigenvalue weighted by atomic mass is 32.2. The SMILES string of the molecule is O=C(C1CCN(S(=O)(=O)c2ccc3c(c2)OCCO3)CC1)N1CCCCC1. The fourth-order valence-electron chi connectivity index (χ4n) is 4.05. The monoisotopic (exact) mass is 394 g/mol. The predicted molar refractivity (Wildman–Crippen MR) is 99.3 cm³/mol. The van der Waals surface area contributed by atoms with Crippen molar-refractivity contribution in [2.24, 2.45) is 5.92 Å². The molecule has 3 aliphatic heterocycles. The van der Waals surface area contributed by atoms with Gasteiger partial charge in [-0.05, 0) is 44.2 Å². The molecule has 3 heterocycles. The van der Waals surface area contributed by atoms with Crippen molar-refractivity contribution in [3.8, 4) is 11.5 Å². The lowest BCUT2D eigenvalue weighted by Gasteiger charge is -2.35. The summed E-state index contributed by atoms with van der Waals surface area (Å²) in [5.74, 6) is 1.18. The highest BCUT2D eigenvalue weighted by Gasteiger charge is 2.34. The summed E-state index contributed by atoms with van der Waals surface area (Å²) in [5, 5.41) is 0. The minimum Gasteiger partial charge on any atom is -0.486 e. The number of rotatable bonds is 3. The average molecular weight is 394 g/mol. The molecule has 27 heavy (non-hydrogen) atoms. The van der Waals surface area contributed by atoms with E-state index in [-0.39, 0.29) is 16.7 Å². The number of ether oxygens (including phenoxy) is 2. The van der Waals surface area contributed by atoms with Gasteiger partial charge in [0.25, 0.3) is 0 Å². The number of nitrogens with zero attached hydrogens (tertiary/aromatic N) is 2. The third-order valence-electron chi connectivity index (χ3n) is 5.62. The van der Waals surface area contributed by atoms with Crippen LogP contribution in [0.2, 0.25) is 0 Å². The van der Waals surface area contributed by atoms with Gasteiger partial charge in [-0.3, -0.25) is 4.79 Å². The van der Waals surface area contributed by atoms with Gasteiger partial charge >= 0.3 is 0 Å². The van der Waals surface area contributed by atoms with Gasteiger partial charge in [-0.1, -0.05) is 0 Å². The zero-order valence-corrected chi connectivity index (χ0v) is 16.2. The Hall–Kier alpha value is -1.80. The van der Waals surface area contributed by atoms with E-state index in [1.165, 1.54) is 16.8 Å². The van der Waals surface area contributed by atoms with E-state index in [1.807, 2.05) is 4.90 Å². The fraction of sp³-hybridized carbons (Fsp3) is 0.632. The first-order valence-electron chi connectivity index (χ1n) is 9.74. The van der Waals surface area contributed by atoms with Crippen molar-refractivity contribution < 1.29 is 22.7 Å². The van der Waals surface area contributed by atoms with Crippen molar-refractivity contribution in [1.82, 2.24) is 9.21 Å². The molecule has 0 unspecified atom stereocenters. The Morgan fingerprint density at radius 2 is 1.59 bits per heavy atom. The number of carbonyl (C=O) groups is 1. The van der Waals surface area contributed by atoms with E-state index in [9.17, 15) is 13.2 Å². The molecule has 148 valence electrons. The standard InChI is InChI=1S/C19H26N2O5S/c22-19(20-8-2-1-3-9-20)15-6-10-21(11-7-15)27(23,24)16-4-5-17-18(14-16)26-13-12-25-17/h4-5,14-15H,1-3,6-13H2. The molecular formula is C19H26N2O5S. The van der Waals surface area contributed by atoms with E-state index in [0.717, 1.165) is 25.9 Å². The smallest absolute Gasteiger partial charge is 0.243 e. The zero-order chi connectivity index (χ0) is 18.9. The second-order valence-electron chi connectivity index (χ2n) is 7.37. The summed E-state index contributed by atoms with van der Waals surface area (Å²) in [5.41, 5.74) is 0. The molecule has 0 aromatic heterocycles. The molecule has 3 aliphatic rings. The number of hydrogen-bond donors (Lipinski definition) is 0. The van der Waals surface area contributed by atoms with E-state index in [1.54, 1.807) is 12.1 Å². The van der Waals surface area contributed by atoms with Crippen LogP contribution in [0.3, 0.4) is 0 Å². The number of amides is 1. The largest absolute Gasteiger partial charge is 0.486 e. The van der Waals surface area contributed by atoms with Crippen LogP contribution in [0.15, 0.2) is 23.1 Å². The Bertz CT molecular complexity index is 796. The van der Waals surface area contributed by atoms with Crippen molar-refractivity contribution in [2.45, 2.75) is 37.0 Å². The molecule has 0 atom stereocenters. The van der Waals surface area contributed by atoms with E-state index < -0.39 is 10.0 Å².